The van der Waals surface area contributed by atoms with Crippen LogP contribution >= 0.6 is 0 Å². The Morgan fingerprint density at radius 3 is 2.00 bits per heavy atom. The van der Waals surface area contributed by atoms with Crippen LogP contribution in [0.4, 0.5) is 11.8 Å². The van der Waals surface area contributed by atoms with Crippen LogP contribution < -0.4 is 4.90 Å². The van der Waals surface area contributed by atoms with Crippen molar-refractivity contribution in [2.75, 3.05) is 11.5 Å². The SMILES string of the molecule is O=C(OC[C@@H]1CC[C@H](n2cnc3c(N(C(=O)c4ccccc4)C(=O)c4ccccc4)nc([N+](=O)[O-])nc32)O1)c1ccccc1. The monoisotopic (exact) mass is 592 g/mol. The van der Waals surface area contributed by atoms with Gasteiger partial charge in [-0.25, -0.2) is 14.7 Å². The van der Waals surface area contributed by atoms with Gasteiger partial charge in [0.2, 0.25) is 5.65 Å². The van der Waals surface area contributed by atoms with E-state index in [2.05, 4.69) is 15.0 Å². The highest BCUT2D eigenvalue weighted by atomic mass is 16.6. The van der Waals surface area contributed by atoms with E-state index in [4.69, 9.17) is 9.47 Å². The average molecular weight is 593 g/mol. The number of rotatable bonds is 8. The molecule has 2 amide bonds. The van der Waals surface area contributed by atoms with Gasteiger partial charge in [-0.3, -0.25) is 14.2 Å². The molecule has 13 heteroatoms. The van der Waals surface area contributed by atoms with Gasteiger partial charge in [0.1, 0.15) is 19.2 Å². The number of ether oxygens (including phenoxy) is 2. The van der Waals surface area contributed by atoms with E-state index >= 15 is 0 Å². The Bertz CT molecular complexity index is 1800. The molecule has 1 fully saturated rings. The first kappa shape index (κ1) is 28.3. The molecule has 1 aliphatic rings. The number of fused-ring (bicyclic) bond motifs is 1. The fraction of sp³-hybridized carbons (Fsp3) is 0.161. The molecule has 13 nitrogen and oxygen atoms in total. The summed E-state index contributed by atoms with van der Waals surface area (Å²) in [7, 11) is 0. The van der Waals surface area contributed by atoms with E-state index in [1.807, 2.05) is 0 Å². The number of nitro groups is 1. The molecule has 3 heterocycles. The highest BCUT2D eigenvalue weighted by molar-refractivity contribution is 6.27. The maximum atomic E-state index is 13.8. The zero-order chi connectivity index (χ0) is 30.6. The van der Waals surface area contributed by atoms with Gasteiger partial charge in [0.15, 0.2) is 5.52 Å². The normalized spacial score (nSPS) is 16.0. The van der Waals surface area contributed by atoms with Crippen LogP contribution in [0, 0.1) is 10.1 Å². The summed E-state index contributed by atoms with van der Waals surface area (Å²) in [5.41, 5.74) is 0.737. The second kappa shape index (κ2) is 12.2. The van der Waals surface area contributed by atoms with E-state index in [9.17, 15) is 24.5 Å². The molecule has 2 aromatic heterocycles. The predicted molar refractivity (Wildman–Crippen MR) is 156 cm³/mol. The molecule has 0 radical (unpaired) electrons. The third kappa shape index (κ3) is 5.63. The Kier molecular flexibility index (Phi) is 7.84. The van der Waals surface area contributed by atoms with Crippen LogP contribution in [0.15, 0.2) is 97.3 Å². The lowest BCUT2D eigenvalue weighted by Gasteiger charge is -2.19. The second-order valence-electron chi connectivity index (χ2n) is 9.86. The highest BCUT2D eigenvalue weighted by Crippen LogP contribution is 2.34. The number of amides is 2. The maximum Gasteiger partial charge on any atom is 0.473 e. The van der Waals surface area contributed by atoms with Crippen LogP contribution in [0.2, 0.25) is 0 Å². The summed E-state index contributed by atoms with van der Waals surface area (Å²) in [5, 5.41) is 12.0. The van der Waals surface area contributed by atoms with E-state index in [1.54, 1.807) is 66.7 Å². The molecule has 1 saturated heterocycles. The molecule has 44 heavy (non-hydrogen) atoms. The summed E-state index contributed by atoms with van der Waals surface area (Å²) >= 11 is 0. The first-order chi connectivity index (χ1) is 21.4. The summed E-state index contributed by atoms with van der Waals surface area (Å²) in [6.07, 6.45) is 1.25. The van der Waals surface area contributed by atoms with Gasteiger partial charge >= 0.3 is 11.9 Å². The lowest BCUT2D eigenvalue weighted by Crippen LogP contribution is -2.38. The Hall–Kier alpha value is -5.82. The maximum absolute atomic E-state index is 13.8. The fourth-order valence-corrected chi connectivity index (χ4v) is 4.88. The first-order valence-electron chi connectivity index (χ1n) is 13.7. The van der Waals surface area contributed by atoms with Gasteiger partial charge in [-0.2, -0.15) is 0 Å². The van der Waals surface area contributed by atoms with E-state index in [0.29, 0.717) is 18.4 Å². The summed E-state index contributed by atoms with van der Waals surface area (Å²) in [6.45, 7) is 0.00215. The van der Waals surface area contributed by atoms with Crippen LogP contribution in [0.5, 0.6) is 0 Å². The molecule has 0 bridgehead atoms. The molecular formula is C31H24N6O7. The number of hydrogen-bond acceptors (Lipinski definition) is 10. The summed E-state index contributed by atoms with van der Waals surface area (Å²) in [4.78, 5) is 64.4. The van der Waals surface area contributed by atoms with Gasteiger partial charge in [0, 0.05) is 11.1 Å². The Labute approximate surface area is 249 Å². The molecule has 0 aliphatic carbocycles. The fourth-order valence-electron chi connectivity index (χ4n) is 4.88. The molecule has 2 atom stereocenters. The largest absolute Gasteiger partial charge is 0.473 e. The highest BCUT2D eigenvalue weighted by Gasteiger charge is 2.37. The third-order valence-electron chi connectivity index (χ3n) is 7.02. The number of imide groups is 1. The summed E-state index contributed by atoms with van der Waals surface area (Å²) in [6, 6.07) is 24.6. The Morgan fingerprint density at radius 1 is 0.864 bits per heavy atom. The van der Waals surface area contributed by atoms with Crippen molar-refractivity contribution in [3.05, 3.63) is 124 Å². The van der Waals surface area contributed by atoms with Crippen LogP contribution in [0.3, 0.4) is 0 Å². The van der Waals surface area contributed by atoms with Crippen LogP contribution in [0.25, 0.3) is 11.2 Å². The van der Waals surface area contributed by atoms with Crippen molar-refractivity contribution in [3.8, 4) is 0 Å². The predicted octanol–water partition coefficient (Wildman–Crippen LogP) is 4.76. The number of benzene rings is 3. The number of aromatic nitrogens is 4. The number of carbonyl (C=O) groups excluding carboxylic acids is 3. The van der Waals surface area contributed by atoms with Crippen molar-refractivity contribution in [1.82, 2.24) is 19.5 Å². The van der Waals surface area contributed by atoms with Crippen molar-refractivity contribution >= 4 is 40.7 Å². The number of anilines is 1. The summed E-state index contributed by atoms with van der Waals surface area (Å²) < 4.78 is 13.0. The number of esters is 1. The van der Waals surface area contributed by atoms with Crippen molar-refractivity contribution in [2.45, 2.75) is 25.2 Å². The summed E-state index contributed by atoms with van der Waals surface area (Å²) in [5.74, 6) is -3.15. The van der Waals surface area contributed by atoms with Crippen molar-refractivity contribution < 1.29 is 28.8 Å². The smallest absolute Gasteiger partial charge is 0.459 e. The number of imidazole rings is 1. The Balaban J connectivity index is 1.35. The van der Waals surface area contributed by atoms with E-state index in [1.165, 1.54) is 35.2 Å². The lowest BCUT2D eigenvalue weighted by molar-refractivity contribution is -0.394. The van der Waals surface area contributed by atoms with Gasteiger partial charge in [0.25, 0.3) is 17.6 Å². The molecule has 0 unspecified atom stereocenters. The third-order valence-corrected chi connectivity index (χ3v) is 7.02. The molecule has 220 valence electrons. The molecule has 0 N–H and O–H groups in total. The van der Waals surface area contributed by atoms with Gasteiger partial charge in [-0.1, -0.05) is 54.6 Å². The molecule has 0 spiro atoms. The minimum absolute atomic E-state index is 0.000327. The first-order valence-corrected chi connectivity index (χ1v) is 13.7. The number of hydrogen-bond donors (Lipinski definition) is 0. The number of carbonyl (C=O) groups is 3. The zero-order valence-electron chi connectivity index (χ0n) is 23.1. The van der Waals surface area contributed by atoms with Crippen molar-refractivity contribution in [2.24, 2.45) is 0 Å². The van der Waals surface area contributed by atoms with Crippen LogP contribution in [-0.2, 0) is 9.47 Å². The van der Waals surface area contributed by atoms with E-state index in [0.717, 1.165) is 4.90 Å². The minimum Gasteiger partial charge on any atom is -0.459 e. The van der Waals surface area contributed by atoms with Crippen LogP contribution in [0.1, 0.15) is 50.1 Å². The van der Waals surface area contributed by atoms with Gasteiger partial charge < -0.3 is 19.6 Å². The molecule has 1 aliphatic heterocycles. The van der Waals surface area contributed by atoms with Crippen molar-refractivity contribution in [1.29, 1.82) is 0 Å². The molecule has 0 saturated carbocycles. The standard InChI is InChI=1S/C31H24N6O7/c38-28(20-10-4-1-5-11-20)36(29(39)21-12-6-2-7-13-21)27-25-26(33-31(34-27)37(41)42)35(19-32-25)24-17-16-23(44-24)18-43-30(40)22-14-8-3-9-15-22/h1-15,19,23-24H,16-18H2/t23-,24+/m0/s1. The molecular weight excluding hydrogens is 568 g/mol. The molecule has 5 aromatic rings. The van der Waals surface area contributed by atoms with Gasteiger partial charge in [-0.05, 0) is 64.1 Å². The van der Waals surface area contributed by atoms with E-state index in [-0.39, 0.29) is 34.7 Å². The second-order valence-corrected chi connectivity index (χ2v) is 9.86. The molecule has 3 aromatic carbocycles. The van der Waals surface area contributed by atoms with Gasteiger partial charge in [-0.15, -0.1) is 0 Å². The van der Waals surface area contributed by atoms with Crippen molar-refractivity contribution in [3.63, 3.8) is 0 Å². The van der Waals surface area contributed by atoms with E-state index < -0.39 is 41.0 Å². The Morgan fingerprint density at radius 2 is 1.43 bits per heavy atom. The molecule has 6 rings (SSSR count). The average Bonchev–Trinajstić information content (AvgIpc) is 3.72. The van der Waals surface area contributed by atoms with Crippen LogP contribution in [-0.4, -0.2) is 54.9 Å². The zero-order valence-corrected chi connectivity index (χ0v) is 23.1. The quantitative estimate of drug-likeness (QED) is 0.106. The minimum atomic E-state index is -0.827. The topological polar surface area (TPSA) is 160 Å². The number of nitrogens with zero attached hydrogens (tertiary/aromatic N) is 6. The van der Waals surface area contributed by atoms with Gasteiger partial charge in [0.05, 0.1) is 11.7 Å². The lowest BCUT2D eigenvalue weighted by atomic mass is 10.1.